The lowest BCUT2D eigenvalue weighted by Crippen LogP contribution is -2.09. The zero-order valence-electron chi connectivity index (χ0n) is 9.77. The van der Waals surface area contributed by atoms with E-state index in [1.54, 1.807) is 23.9 Å². The number of nitro benzene ring substituents is 1. The number of rotatable bonds is 6. The van der Waals surface area contributed by atoms with Crippen LogP contribution in [-0.4, -0.2) is 23.0 Å². The van der Waals surface area contributed by atoms with Crippen LogP contribution in [0.4, 0.5) is 11.4 Å². The Bertz CT molecular complexity index is 401. The maximum absolute atomic E-state index is 10.9. The molecule has 1 rings (SSSR count). The first kappa shape index (κ1) is 14.3. The molecule has 0 heterocycles. The van der Waals surface area contributed by atoms with Crippen molar-refractivity contribution in [2.45, 2.75) is 18.6 Å². The summed E-state index contributed by atoms with van der Waals surface area (Å²) in [4.78, 5) is 10.5. The third-order valence-electron chi connectivity index (χ3n) is 2.43. The molecule has 0 aliphatic carbocycles. The maximum Gasteiger partial charge on any atom is 0.293 e. The van der Waals surface area contributed by atoms with Gasteiger partial charge in [0.05, 0.1) is 4.92 Å². The van der Waals surface area contributed by atoms with E-state index in [9.17, 15) is 10.1 Å². The fourth-order valence-corrected chi connectivity index (χ4v) is 2.04. The van der Waals surface area contributed by atoms with Gasteiger partial charge in [0.25, 0.3) is 5.69 Å². The molecule has 0 saturated carbocycles. The molecule has 4 nitrogen and oxygen atoms in total. The van der Waals surface area contributed by atoms with Crippen molar-refractivity contribution in [1.82, 2.24) is 0 Å². The predicted molar refractivity (Wildman–Crippen MR) is 76.9 cm³/mol. The van der Waals surface area contributed by atoms with E-state index in [0.717, 1.165) is 13.0 Å². The molecule has 1 atom stereocenters. The van der Waals surface area contributed by atoms with E-state index < -0.39 is 0 Å². The zero-order chi connectivity index (χ0) is 12.8. The quantitative estimate of drug-likeness (QED) is 0.638. The van der Waals surface area contributed by atoms with Gasteiger partial charge in [-0.25, -0.2) is 0 Å². The van der Waals surface area contributed by atoms with Crippen molar-refractivity contribution < 1.29 is 4.92 Å². The van der Waals surface area contributed by atoms with Crippen LogP contribution in [-0.2, 0) is 0 Å². The van der Waals surface area contributed by atoms with Crippen LogP contribution in [0.15, 0.2) is 22.7 Å². The van der Waals surface area contributed by atoms with Crippen LogP contribution in [0.1, 0.15) is 13.3 Å². The van der Waals surface area contributed by atoms with Crippen molar-refractivity contribution >= 4 is 39.1 Å². The molecule has 0 radical (unpaired) electrons. The molecule has 6 heteroatoms. The molecule has 1 unspecified atom stereocenters. The Kier molecular flexibility index (Phi) is 5.77. The second-order valence-corrected chi connectivity index (χ2v) is 5.87. The van der Waals surface area contributed by atoms with E-state index >= 15 is 0 Å². The molecule has 0 saturated heterocycles. The second-order valence-electron chi connectivity index (χ2n) is 3.68. The predicted octanol–water partition coefficient (Wildman–Crippen LogP) is 3.91. The summed E-state index contributed by atoms with van der Waals surface area (Å²) in [5.74, 6) is 0. The molecular formula is C11H15BrN2O2S. The van der Waals surface area contributed by atoms with Gasteiger partial charge in [0.1, 0.15) is 5.69 Å². The lowest BCUT2D eigenvalue weighted by atomic mass is 10.2. The fourth-order valence-electron chi connectivity index (χ4n) is 1.33. The topological polar surface area (TPSA) is 55.2 Å². The molecule has 0 amide bonds. The second kappa shape index (κ2) is 6.86. The largest absolute Gasteiger partial charge is 0.379 e. The van der Waals surface area contributed by atoms with Gasteiger partial charge < -0.3 is 5.32 Å². The van der Waals surface area contributed by atoms with Crippen LogP contribution in [0.25, 0.3) is 0 Å². The highest BCUT2D eigenvalue weighted by molar-refractivity contribution is 9.10. The highest BCUT2D eigenvalue weighted by Gasteiger charge is 2.13. The molecule has 0 fully saturated rings. The summed E-state index contributed by atoms with van der Waals surface area (Å²) in [6.45, 7) is 2.88. The smallest absolute Gasteiger partial charge is 0.293 e. The molecule has 0 bridgehead atoms. The Labute approximate surface area is 113 Å². The highest BCUT2D eigenvalue weighted by Crippen LogP contribution is 2.28. The third-order valence-corrected chi connectivity index (χ3v) is 3.96. The monoisotopic (exact) mass is 318 g/mol. The van der Waals surface area contributed by atoms with Gasteiger partial charge in [0.2, 0.25) is 0 Å². The minimum Gasteiger partial charge on any atom is -0.379 e. The van der Waals surface area contributed by atoms with Gasteiger partial charge in [-0.3, -0.25) is 10.1 Å². The Morgan fingerprint density at radius 3 is 2.88 bits per heavy atom. The van der Waals surface area contributed by atoms with Crippen molar-refractivity contribution in [3.05, 3.63) is 32.8 Å². The molecule has 0 aliphatic heterocycles. The first-order valence-corrected chi connectivity index (χ1v) is 7.33. The number of thioether (sulfide) groups is 1. The molecule has 1 N–H and O–H groups in total. The number of hydrogen-bond acceptors (Lipinski definition) is 4. The van der Waals surface area contributed by atoms with Crippen molar-refractivity contribution in [2.75, 3.05) is 18.1 Å². The Morgan fingerprint density at radius 2 is 2.29 bits per heavy atom. The first-order chi connectivity index (χ1) is 8.04. The average Bonchev–Trinajstić information content (AvgIpc) is 2.30. The minimum atomic E-state index is -0.370. The number of halogens is 1. The Balaban J connectivity index is 2.67. The lowest BCUT2D eigenvalue weighted by Gasteiger charge is -2.10. The first-order valence-electron chi connectivity index (χ1n) is 5.25. The number of nitrogens with zero attached hydrogens (tertiary/aromatic N) is 1. The molecule has 0 spiro atoms. The average molecular weight is 319 g/mol. The summed E-state index contributed by atoms with van der Waals surface area (Å²) in [5, 5.41) is 14.5. The van der Waals surface area contributed by atoms with Gasteiger partial charge in [0.15, 0.2) is 0 Å². The van der Waals surface area contributed by atoms with Gasteiger partial charge in [-0.2, -0.15) is 11.8 Å². The van der Waals surface area contributed by atoms with Gasteiger partial charge in [-0.1, -0.05) is 22.9 Å². The summed E-state index contributed by atoms with van der Waals surface area (Å²) < 4.78 is 0.715. The lowest BCUT2D eigenvalue weighted by molar-refractivity contribution is -0.384. The van der Waals surface area contributed by atoms with E-state index in [1.807, 2.05) is 0 Å². The zero-order valence-corrected chi connectivity index (χ0v) is 12.2. The van der Waals surface area contributed by atoms with Crippen LogP contribution < -0.4 is 5.32 Å². The third kappa shape index (κ3) is 4.55. The summed E-state index contributed by atoms with van der Waals surface area (Å²) >= 11 is 5.02. The summed E-state index contributed by atoms with van der Waals surface area (Å²) in [6.07, 6.45) is 3.04. The van der Waals surface area contributed by atoms with E-state index in [-0.39, 0.29) is 10.6 Å². The van der Waals surface area contributed by atoms with Crippen LogP contribution >= 0.6 is 27.7 Å². The standard InChI is InChI=1S/C11H15BrN2O2S/c1-8(17-2)5-6-13-10-4-3-9(12)7-11(10)14(15)16/h3-4,7-8,13H,5-6H2,1-2H3. The van der Waals surface area contributed by atoms with Crippen LogP contribution in [0, 0.1) is 10.1 Å². The molecule has 1 aromatic carbocycles. The summed E-state index contributed by atoms with van der Waals surface area (Å²) in [5.41, 5.74) is 0.683. The van der Waals surface area contributed by atoms with Gasteiger partial charge in [0, 0.05) is 22.3 Å². The molecule has 0 aliphatic rings. The van der Waals surface area contributed by atoms with Crippen LogP contribution in [0.3, 0.4) is 0 Å². The molecule has 94 valence electrons. The maximum atomic E-state index is 10.9. The number of anilines is 1. The summed E-state index contributed by atoms with van der Waals surface area (Å²) in [7, 11) is 0. The van der Waals surface area contributed by atoms with E-state index in [4.69, 9.17) is 0 Å². The molecule has 1 aromatic rings. The fraction of sp³-hybridized carbons (Fsp3) is 0.455. The Hall–Kier alpha value is -0.750. The van der Waals surface area contributed by atoms with Crippen molar-refractivity contribution in [3.8, 4) is 0 Å². The summed E-state index contributed by atoms with van der Waals surface area (Å²) in [6, 6.07) is 5.04. The number of hydrogen-bond donors (Lipinski definition) is 1. The van der Waals surface area contributed by atoms with Gasteiger partial charge in [-0.15, -0.1) is 0 Å². The molecule has 17 heavy (non-hydrogen) atoms. The SMILES string of the molecule is CSC(C)CCNc1ccc(Br)cc1[N+](=O)[O-]. The number of nitro groups is 1. The molecule has 0 aromatic heterocycles. The van der Waals surface area contributed by atoms with E-state index in [2.05, 4.69) is 34.4 Å². The minimum absolute atomic E-state index is 0.108. The van der Waals surface area contributed by atoms with Gasteiger partial charge >= 0.3 is 0 Å². The number of benzene rings is 1. The van der Waals surface area contributed by atoms with Crippen LogP contribution in [0.2, 0.25) is 0 Å². The van der Waals surface area contributed by atoms with Gasteiger partial charge in [-0.05, 0) is 24.8 Å². The number of nitrogens with one attached hydrogen (secondary N) is 1. The van der Waals surface area contributed by atoms with Crippen molar-refractivity contribution in [2.24, 2.45) is 0 Å². The highest BCUT2D eigenvalue weighted by atomic mass is 79.9. The molecular weight excluding hydrogens is 304 g/mol. The van der Waals surface area contributed by atoms with Crippen molar-refractivity contribution in [1.29, 1.82) is 0 Å². The van der Waals surface area contributed by atoms with E-state index in [0.29, 0.717) is 15.4 Å². The van der Waals surface area contributed by atoms with Crippen molar-refractivity contribution in [3.63, 3.8) is 0 Å². The normalized spacial score (nSPS) is 12.2. The van der Waals surface area contributed by atoms with Crippen LogP contribution in [0.5, 0.6) is 0 Å². The van der Waals surface area contributed by atoms with E-state index in [1.165, 1.54) is 6.07 Å². The Morgan fingerprint density at radius 1 is 1.59 bits per heavy atom.